The number of nitrogens with zero attached hydrogens (tertiary/aromatic N) is 1. The molecule has 4 nitrogen and oxygen atoms in total. The Balaban J connectivity index is 2.27. The third-order valence-corrected chi connectivity index (χ3v) is 5.03. The van der Waals surface area contributed by atoms with E-state index in [1.54, 1.807) is 30.3 Å². The molecule has 1 aliphatic heterocycles. The maximum absolute atomic E-state index is 12.3. The lowest BCUT2D eigenvalue weighted by Gasteiger charge is -2.22. The first-order chi connectivity index (χ1) is 8.52. The fourth-order valence-electron chi connectivity index (χ4n) is 2.00. The summed E-state index contributed by atoms with van der Waals surface area (Å²) in [5.74, 6) is -1.34. The van der Waals surface area contributed by atoms with Crippen molar-refractivity contribution in [3.63, 3.8) is 0 Å². The molecule has 1 amide bonds. The lowest BCUT2D eigenvalue weighted by molar-refractivity contribution is -0.141. The van der Waals surface area contributed by atoms with Crippen molar-refractivity contribution < 1.29 is 14.7 Å². The number of likely N-dealkylation sites (tertiary alicyclic amines) is 1. The second-order valence-electron chi connectivity index (χ2n) is 4.07. The van der Waals surface area contributed by atoms with E-state index in [1.165, 1.54) is 4.90 Å². The summed E-state index contributed by atoms with van der Waals surface area (Å²) in [5.41, 5.74) is 0.484. The van der Waals surface area contributed by atoms with Crippen LogP contribution in [-0.4, -0.2) is 43.8 Å². The van der Waals surface area contributed by atoms with E-state index in [-0.39, 0.29) is 9.83 Å². The zero-order valence-corrected chi connectivity index (χ0v) is 12.2. The van der Waals surface area contributed by atoms with Crippen LogP contribution < -0.4 is 0 Å². The zero-order chi connectivity index (χ0) is 13.3. The molecule has 0 bridgehead atoms. The third kappa shape index (κ3) is 2.47. The predicted molar refractivity (Wildman–Crippen MR) is 76.4 cm³/mol. The Morgan fingerprint density at radius 3 is 2.50 bits per heavy atom. The van der Waals surface area contributed by atoms with Gasteiger partial charge in [-0.25, -0.2) is 4.79 Å². The van der Waals surface area contributed by atoms with E-state index in [9.17, 15) is 14.7 Å². The predicted octanol–water partition coefficient (Wildman–Crippen LogP) is 2.01. The second kappa shape index (κ2) is 5.44. The molecular formula is C12H11ClINO3. The van der Waals surface area contributed by atoms with Gasteiger partial charge in [-0.3, -0.25) is 4.79 Å². The molecule has 96 valence electrons. The highest BCUT2D eigenvalue weighted by Crippen LogP contribution is 2.30. The monoisotopic (exact) mass is 379 g/mol. The minimum atomic E-state index is -1.06. The summed E-state index contributed by atoms with van der Waals surface area (Å²) in [6.07, 6.45) is 0. The summed E-state index contributed by atoms with van der Waals surface area (Å²) in [6, 6.07) is 7.69. The number of halogens is 2. The number of benzene rings is 1. The number of alkyl halides is 2. The van der Waals surface area contributed by atoms with E-state index in [4.69, 9.17) is 11.6 Å². The Morgan fingerprint density at radius 2 is 1.94 bits per heavy atom. The number of carboxylic acids is 1. The fourth-order valence-corrected chi connectivity index (χ4v) is 3.14. The summed E-state index contributed by atoms with van der Waals surface area (Å²) in [4.78, 5) is 24.8. The minimum Gasteiger partial charge on any atom is -0.480 e. The van der Waals surface area contributed by atoms with Crippen molar-refractivity contribution in [2.45, 2.75) is 15.3 Å². The average Bonchev–Trinajstić information content (AvgIpc) is 2.66. The number of carbonyl (C=O) groups excluding carboxylic acids is 1. The van der Waals surface area contributed by atoms with Crippen LogP contribution in [0.2, 0.25) is 0 Å². The SMILES string of the molecule is O=C(O)[C@@H]1C(Cl)C(I)CN1C(=O)c1ccccc1. The molecule has 0 aliphatic carbocycles. The van der Waals surface area contributed by atoms with Gasteiger partial charge >= 0.3 is 5.97 Å². The molecule has 1 N–H and O–H groups in total. The van der Waals surface area contributed by atoms with Crippen molar-refractivity contribution in [1.82, 2.24) is 4.90 Å². The van der Waals surface area contributed by atoms with Crippen LogP contribution in [0.4, 0.5) is 0 Å². The van der Waals surface area contributed by atoms with Gasteiger partial charge in [-0.2, -0.15) is 0 Å². The van der Waals surface area contributed by atoms with Gasteiger partial charge in [-0.1, -0.05) is 40.8 Å². The summed E-state index contributed by atoms with van der Waals surface area (Å²) < 4.78 is -0.0574. The number of rotatable bonds is 2. The molecule has 1 saturated heterocycles. The van der Waals surface area contributed by atoms with E-state index in [0.29, 0.717) is 12.1 Å². The number of amides is 1. The Bertz CT molecular complexity index is 468. The van der Waals surface area contributed by atoms with Gasteiger partial charge < -0.3 is 10.0 Å². The highest BCUT2D eigenvalue weighted by atomic mass is 127. The van der Waals surface area contributed by atoms with Crippen molar-refractivity contribution in [3.8, 4) is 0 Å². The van der Waals surface area contributed by atoms with E-state index >= 15 is 0 Å². The van der Waals surface area contributed by atoms with Crippen LogP contribution in [0.25, 0.3) is 0 Å². The maximum Gasteiger partial charge on any atom is 0.328 e. The smallest absolute Gasteiger partial charge is 0.328 e. The van der Waals surface area contributed by atoms with Crippen LogP contribution in [0.1, 0.15) is 10.4 Å². The summed E-state index contributed by atoms with van der Waals surface area (Å²) in [5, 5.41) is 8.63. The van der Waals surface area contributed by atoms with Gasteiger partial charge in [-0.05, 0) is 12.1 Å². The Labute approximate surface area is 123 Å². The normalized spacial score (nSPS) is 27.2. The fraction of sp³-hybridized carbons (Fsp3) is 0.333. The van der Waals surface area contributed by atoms with E-state index < -0.39 is 17.4 Å². The molecule has 0 spiro atoms. The Hall–Kier alpha value is -0.820. The van der Waals surface area contributed by atoms with E-state index in [1.807, 2.05) is 0 Å². The number of hydrogen-bond donors (Lipinski definition) is 1. The van der Waals surface area contributed by atoms with Crippen molar-refractivity contribution in [3.05, 3.63) is 35.9 Å². The number of hydrogen-bond acceptors (Lipinski definition) is 2. The maximum atomic E-state index is 12.3. The van der Waals surface area contributed by atoms with Crippen LogP contribution in [0, 0.1) is 0 Å². The van der Waals surface area contributed by atoms with Gasteiger partial charge in [0.1, 0.15) is 6.04 Å². The van der Waals surface area contributed by atoms with Crippen LogP contribution in [0.3, 0.4) is 0 Å². The van der Waals surface area contributed by atoms with Crippen molar-refractivity contribution in [2.75, 3.05) is 6.54 Å². The molecule has 1 aliphatic rings. The molecule has 0 aromatic heterocycles. The highest BCUT2D eigenvalue weighted by molar-refractivity contribution is 14.1. The zero-order valence-electron chi connectivity index (χ0n) is 9.29. The Kier molecular flexibility index (Phi) is 4.11. The molecule has 18 heavy (non-hydrogen) atoms. The van der Waals surface area contributed by atoms with Crippen LogP contribution in [0.15, 0.2) is 30.3 Å². The van der Waals surface area contributed by atoms with Crippen LogP contribution >= 0.6 is 34.2 Å². The molecule has 2 rings (SSSR count). The molecule has 1 aromatic rings. The van der Waals surface area contributed by atoms with Crippen molar-refractivity contribution in [1.29, 1.82) is 0 Å². The first kappa shape index (κ1) is 13.6. The molecule has 2 unspecified atom stereocenters. The number of carboxylic acid groups (broad SMARTS) is 1. The molecule has 0 saturated carbocycles. The van der Waals surface area contributed by atoms with Crippen molar-refractivity contribution >= 4 is 46.1 Å². The molecular weight excluding hydrogens is 368 g/mol. The Morgan fingerprint density at radius 1 is 1.33 bits per heavy atom. The second-order valence-corrected chi connectivity index (χ2v) is 6.17. The van der Waals surface area contributed by atoms with Crippen molar-refractivity contribution in [2.24, 2.45) is 0 Å². The standard InChI is InChI=1S/C12H11ClINO3/c13-9-8(14)6-15(10(9)12(17)18)11(16)7-4-2-1-3-5-7/h1-5,8-10H,6H2,(H,17,18)/t8?,9?,10-/m0/s1. The van der Waals surface area contributed by atoms with Gasteiger partial charge in [0.25, 0.3) is 5.91 Å². The quantitative estimate of drug-likeness (QED) is 0.632. The van der Waals surface area contributed by atoms with Gasteiger partial charge in [0, 0.05) is 16.0 Å². The molecule has 0 radical (unpaired) electrons. The first-order valence-electron chi connectivity index (χ1n) is 5.39. The van der Waals surface area contributed by atoms with Crippen LogP contribution in [-0.2, 0) is 4.79 Å². The topological polar surface area (TPSA) is 57.6 Å². The molecule has 1 fully saturated rings. The first-order valence-corrected chi connectivity index (χ1v) is 7.07. The third-order valence-electron chi connectivity index (χ3n) is 2.89. The summed E-state index contributed by atoms with van der Waals surface area (Å²) in [6.45, 7) is 0.361. The molecule has 3 atom stereocenters. The molecule has 1 aromatic carbocycles. The van der Waals surface area contributed by atoms with Gasteiger partial charge in [-0.15, -0.1) is 11.6 Å². The molecule has 1 heterocycles. The van der Waals surface area contributed by atoms with E-state index in [0.717, 1.165) is 0 Å². The number of aliphatic carboxylic acids is 1. The lowest BCUT2D eigenvalue weighted by atomic mass is 10.1. The van der Waals surface area contributed by atoms with Gasteiger partial charge in [0.2, 0.25) is 0 Å². The summed E-state index contributed by atoms with van der Waals surface area (Å²) in [7, 11) is 0. The minimum absolute atomic E-state index is 0.0574. The van der Waals surface area contributed by atoms with Gasteiger partial charge in [0.05, 0.1) is 5.38 Å². The van der Waals surface area contributed by atoms with Gasteiger partial charge in [0.15, 0.2) is 0 Å². The average molecular weight is 380 g/mol. The van der Waals surface area contributed by atoms with E-state index in [2.05, 4.69) is 22.6 Å². The summed E-state index contributed by atoms with van der Waals surface area (Å²) >= 11 is 8.15. The largest absolute Gasteiger partial charge is 0.480 e. The number of carbonyl (C=O) groups is 2. The lowest BCUT2D eigenvalue weighted by Crippen LogP contribution is -2.43. The van der Waals surface area contributed by atoms with Crippen LogP contribution in [0.5, 0.6) is 0 Å². The highest BCUT2D eigenvalue weighted by Gasteiger charge is 2.46. The molecule has 6 heteroatoms.